The van der Waals surface area contributed by atoms with E-state index in [1.54, 1.807) is 0 Å². The van der Waals surface area contributed by atoms with Gasteiger partial charge in [-0.2, -0.15) is 0 Å². The summed E-state index contributed by atoms with van der Waals surface area (Å²) in [6, 6.07) is 0.901. The number of pyridine rings is 1. The van der Waals surface area contributed by atoms with Crippen LogP contribution >= 0.6 is 11.6 Å². The average molecular weight is 222 g/mol. The largest absolute Gasteiger partial charge is 0.476 e. The summed E-state index contributed by atoms with van der Waals surface area (Å²) < 4.78 is 25.8. The molecule has 1 rings (SSSR count). The number of alkyl halides is 2. The lowest BCUT2D eigenvalue weighted by Gasteiger charge is -2.12. The maximum absolute atomic E-state index is 12.9. The van der Waals surface area contributed by atoms with Crippen LogP contribution in [0.1, 0.15) is 23.0 Å². The van der Waals surface area contributed by atoms with Crippen molar-refractivity contribution < 1.29 is 18.7 Å². The van der Waals surface area contributed by atoms with Crippen molar-refractivity contribution in [3.8, 4) is 0 Å². The minimum absolute atomic E-state index is 0.0217. The van der Waals surface area contributed by atoms with Crippen LogP contribution in [-0.4, -0.2) is 16.1 Å². The summed E-state index contributed by atoms with van der Waals surface area (Å²) in [5.41, 5.74) is -1.36. The lowest BCUT2D eigenvalue weighted by molar-refractivity contribution is 0.0148. The van der Waals surface area contributed by atoms with E-state index in [1.165, 1.54) is 0 Å². The highest BCUT2D eigenvalue weighted by Gasteiger charge is 2.31. The first-order valence-electron chi connectivity index (χ1n) is 3.59. The minimum atomic E-state index is -3.27. The molecule has 14 heavy (non-hydrogen) atoms. The maximum Gasteiger partial charge on any atom is 0.355 e. The van der Waals surface area contributed by atoms with Crippen LogP contribution in [0.3, 0.4) is 0 Å². The molecule has 0 aliphatic rings. The molecule has 0 bridgehead atoms. The summed E-state index contributed by atoms with van der Waals surface area (Å²) in [4.78, 5) is 13.9. The minimum Gasteiger partial charge on any atom is -0.476 e. The maximum atomic E-state index is 12.9. The second kappa shape index (κ2) is 3.49. The van der Waals surface area contributed by atoms with E-state index in [0.717, 1.165) is 12.3 Å². The molecular formula is C8H6ClF2NO2. The molecule has 0 radical (unpaired) electrons. The molecule has 76 valence electrons. The van der Waals surface area contributed by atoms with Gasteiger partial charge in [0.1, 0.15) is 0 Å². The van der Waals surface area contributed by atoms with E-state index in [-0.39, 0.29) is 5.02 Å². The average Bonchev–Trinajstić information content (AvgIpc) is 2.01. The molecule has 6 heteroatoms. The van der Waals surface area contributed by atoms with Crippen molar-refractivity contribution in [1.29, 1.82) is 0 Å². The highest BCUT2D eigenvalue weighted by Crippen LogP contribution is 2.30. The molecule has 0 saturated carbocycles. The number of aromatic nitrogens is 1. The van der Waals surface area contributed by atoms with Crippen LogP contribution in [0.5, 0.6) is 0 Å². The van der Waals surface area contributed by atoms with E-state index in [1.807, 2.05) is 0 Å². The fraction of sp³-hybridized carbons (Fsp3) is 0.250. The number of aromatic carboxylic acids is 1. The molecule has 0 aliphatic heterocycles. The monoisotopic (exact) mass is 221 g/mol. The molecule has 1 heterocycles. The van der Waals surface area contributed by atoms with Gasteiger partial charge in [-0.25, -0.2) is 18.6 Å². The van der Waals surface area contributed by atoms with Crippen molar-refractivity contribution in [2.75, 3.05) is 0 Å². The Morgan fingerprint density at radius 3 is 2.64 bits per heavy atom. The Bertz CT molecular complexity index is 376. The zero-order chi connectivity index (χ0) is 10.9. The second-order valence-corrected chi connectivity index (χ2v) is 3.18. The molecule has 0 aliphatic carbocycles. The molecular weight excluding hydrogens is 216 g/mol. The van der Waals surface area contributed by atoms with Gasteiger partial charge in [0.2, 0.25) is 0 Å². The lowest BCUT2D eigenvalue weighted by Crippen LogP contribution is -2.15. The Hall–Kier alpha value is -1.23. The Labute approximate surface area is 83.3 Å². The van der Waals surface area contributed by atoms with E-state index in [0.29, 0.717) is 6.92 Å². The second-order valence-electron chi connectivity index (χ2n) is 2.74. The topological polar surface area (TPSA) is 50.2 Å². The number of hydrogen-bond donors (Lipinski definition) is 1. The number of carbonyl (C=O) groups is 1. The predicted molar refractivity (Wildman–Crippen MR) is 45.8 cm³/mol. The van der Waals surface area contributed by atoms with Crippen molar-refractivity contribution in [2.45, 2.75) is 12.8 Å². The third-order valence-corrected chi connectivity index (χ3v) is 1.74. The van der Waals surface area contributed by atoms with Crippen LogP contribution in [-0.2, 0) is 5.92 Å². The van der Waals surface area contributed by atoms with Crippen LogP contribution < -0.4 is 0 Å². The molecule has 1 aromatic rings. The number of carboxylic acids is 1. The molecule has 1 aromatic heterocycles. The number of carboxylic acid groups (broad SMARTS) is 1. The Morgan fingerprint density at radius 2 is 2.21 bits per heavy atom. The van der Waals surface area contributed by atoms with Gasteiger partial charge in [0.25, 0.3) is 5.92 Å². The highest BCUT2D eigenvalue weighted by molar-refractivity contribution is 6.30. The Balaban J connectivity index is 3.38. The normalized spacial score (nSPS) is 11.4. The van der Waals surface area contributed by atoms with Gasteiger partial charge in [0.05, 0.1) is 10.6 Å². The van der Waals surface area contributed by atoms with Gasteiger partial charge >= 0.3 is 5.97 Å². The number of hydrogen-bond acceptors (Lipinski definition) is 2. The van der Waals surface area contributed by atoms with Gasteiger partial charge in [-0.05, 0) is 6.07 Å². The quantitative estimate of drug-likeness (QED) is 0.835. The standard InChI is InChI=1S/C8H6ClF2NO2/c1-8(10,11)5-2-4(9)3-12-6(5)7(13)14/h2-3H,1H3,(H,13,14). The molecule has 0 aromatic carbocycles. The van der Waals surface area contributed by atoms with Gasteiger partial charge in [-0.15, -0.1) is 0 Å². The first-order chi connectivity index (χ1) is 6.32. The molecule has 0 amide bonds. The molecule has 0 unspecified atom stereocenters. The van der Waals surface area contributed by atoms with Crippen molar-refractivity contribution in [2.24, 2.45) is 0 Å². The number of rotatable bonds is 2. The van der Waals surface area contributed by atoms with Gasteiger partial charge in [-0.3, -0.25) is 0 Å². The Kier molecular flexibility index (Phi) is 2.71. The summed E-state index contributed by atoms with van der Waals surface area (Å²) in [6.07, 6.45) is 1.01. The number of halogens is 3. The first-order valence-corrected chi connectivity index (χ1v) is 3.97. The summed E-state index contributed by atoms with van der Waals surface area (Å²) in [7, 11) is 0. The van der Waals surface area contributed by atoms with E-state index in [4.69, 9.17) is 16.7 Å². The zero-order valence-corrected chi connectivity index (χ0v) is 7.85. The highest BCUT2D eigenvalue weighted by atomic mass is 35.5. The fourth-order valence-corrected chi connectivity index (χ4v) is 1.10. The first kappa shape index (κ1) is 10.8. The van der Waals surface area contributed by atoms with Crippen molar-refractivity contribution in [3.05, 3.63) is 28.5 Å². The molecule has 1 N–H and O–H groups in total. The van der Waals surface area contributed by atoms with Crippen LogP contribution in [0.4, 0.5) is 8.78 Å². The van der Waals surface area contributed by atoms with E-state index in [9.17, 15) is 13.6 Å². The Morgan fingerprint density at radius 1 is 1.64 bits per heavy atom. The van der Waals surface area contributed by atoms with Gasteiger partial charge in [0.15, 0.2) is 5.69 Å². The third kappa shape index (κ3) is 2.17. The molecule has 0 atom stereocenters. The van der Waals surface area contributed by atoms with Gasteiger partial charge < -0.3 is 5.11 Å². The van der Waals surface area contributed by atoms with E-state index in [2.05, 4.69) is 4.98 Å². The smallest absolute Gasteiger partial charge is 0.355 e. The van der Waals surface area contributed by atoms with E-state index >= 15 is 0 Å². The van der Waals surface area contributed by atoms with Gasteiger partial charge in [-0.1, -0.05) is 11.6 Å². The lowest BCUT2D eigenvalue weighted by atomic mass is 10.1. The summed E-state index contributed by atoms with van der Waals surface area (Å²) in [5.74, 6) is -4.77. The van der Waals surface area contributed by atoms with Crippen molar-refractivity contribution >= 4 is 17.6 Å². The van der Waals surface area contributed by atoms with Crippen molar-refractivity contribution in [3.63, 3.8) is 0 Å². The van der Waals surface area contributed by atoms with Crippen LogP contribution in [0.25, 0.3) is 0 Å². The summed E-state index contributed by atoms with van der Waals surface area (Å²) >= 11 is 5.44. The number of nitrogens with zero attached hydrogens (tertiary/aromatic N) is 1. The SMILES string of the molecule is CC(F)(F)c1cc(Cl)cnc1C(=O)O. The molecule has 0 spiro atoms. The van der Waals surface area contributed by atoms with Crippen molar-refractivity contribution in [1.82, 2.24) is 4.98 Å². The molecule has 0 saturated heterocycles. The van der Waals surface area contributed by atoms with E-state index < -0.39 is 23.1 Å². The summed E-state index contributed by atoms with van der Waals surface area (Å²) in [5, 5.41) is 8.56. The third-order valence-electron chi connectivity index (χ3n) is 1.53. The van der Waals surface area contributed by atoms with Crippen LogP contribution in [0.2, 0.25) is 5.02 Å². The van der Waals surface area contributed by atoms with Gasteiger partial charge in [0, 0.05) is 13.1 Å². The summed E-state index contributed by atoms with van der Waals surface area (Å²) in [6.45, 7) is 0.590. The van der Waals surface area contributed by atoms with Crippen LogP contribution in [0, 0.1) is 0 Å². The fourth-order valence-electron chi connectivity index (χ4n) is 0.944. The van der Waals surface area contributed by atoms with Crippen LogP contribution in [0.15, 0.2) is 12.3 Å². The predicted octanol–water partition coefficient (Wildman–Crippen LogP) is 2.54. The zero-order valence-electron chi connectivity index (χ0n) is 7.09. The molecule has 3 nitrogen and oxygen atoms in total. The molecule has 0 fully saturated rings.